The molecule has 0 radical (unpaired) electrons. The molecule has 5 aromatic rings. The number of nitrogens with one attached hydrogen (secondary N) is 1. The summed E-state index contributed by atoms with van der Waals surface area (Å²) < 4.78 is 15.4. The molecule has 0 unspecified atom stereocenters. The molecule has 190 valence electrons. The number of halogens is 1. The highest BCUT2D eigenvalue weighted by Crippen LogP contribution is 2.32. The zero-order valence-corrected chi connectivity index (χ0v) is 21.0. The van der Waals surface area contributed by atoms with E-state index >= 15 is 0 Å². The van der Waals surface area contributed by atoms with Gasteiger partial charge in [-0.1, -0.05) is 24.3 Å². The summed E-state index contributed by atoms with van der Waals surface area (Å²) in [7, 11) is 0. The highest BCUT2D eigenvalue weighted by atomic mass is 19.1. The molecule has 2 aromatic carbocycles. The van der Waals surface area contributed by atoms with Gasteiger partial charge in [-0.3, -0.25) is 9.58 Å². The quantitative estimate of drug-likeness (QED) is 0.324. The first kappa shape index (κ1) is 23.9. The van der Waals surface area contributed by atoms with E-state index in [1.165, 1.54) is 17.8 Å². The lowest BCUT2D eigenvalue weighted by Gasteiger charge is -2.36. The highest BCUT2D eigenvalue weighted by Gasteiger charge is 2.18. The Morgan fingerprint density at radius 3 is 2.66 bits per heavy atom. The number of nitrogens with zero attached hydrogens (tertiary/aromatic N) is 6. The summed E-state index contributed by atoms with van der Waals surface area (Å²) in [5.41, 5.74) is 7.09. The van der Waals surface area contributed by atoms with Crippen LogP contribution in [-0.4, -0.2) is 57.4 Å². The highest BCUT2D eigenvalue weighted by molar-refractivity contribution is 5.95. The van der Waals surface area contributed by atoms with Gasteiger partial charge in [-0.25, -0.2) is 9.37 Å². The molecule has 0 aliphatic carbocycles. The normalized spacial score (nSPS) is 14.2. The molecule has 3 aromatic heterocycles. The van der Waals surface area contributed by atoms with E-state index in [9.17, 15) is 4.39 Å². The number of piperazine rings is 1. The lowest BCUT2D eigenvalue weighted by Crippen LogP contribution is -2.46. The van der Waals surface area contributed by atoms with Crippen LogP contribution < -0.4 is 4.90 Å². The Labute approximate surface area is 220 Å². The van der Waals surface area contributed by atoms with Crippen LogP contribution in [0.3, 0.4) is 0 Å². The van der Waals surface area contributed by atoms with Crippen LogP contribution in [0.1, 0.15) is 12.0 Å². The van der Waals surface area contributed by atoms with Crippen molar-refractivity contribution in [1.82, 2.24) is 24.6 Å². The summed E-state index contributed by atoms with van der Waals surface area (Å²) in [5.74, 6) is -0.243. The van der Waals surface area contributed by atoms with E-state index in [-0.39, 0.29) is 5.82 Å². The molecular weight excluding hydrogens is 477 g/mol. The summed E-state index contributed by atoms with van der Waals surface area (Å²) in [4.78, 5) is 12.7. The molecule has 1 aliphatic heterocycles. The first-order valence-corrected chi connectivity index (χ1v) is 12.9. The molecule has 0 amide bonds. The van der Waals surface area contributed by atoms with Gasteiger partial charge in [0.15, 0.2) is 0 Å². The summed E-state index contributed by atoms with van der Waals surface area (Å²) >= 11 is 0. The van der Waals surface area contributed by atoms with Gasteiger partial charge in [-0.05, 0) is 41.5 Å². The lowest BCUT2D eigenvalue weighted by molar-refractivity contribution is 0.263. The SMILES string of the molecule is N#CCCN1CCN(c2cccc(-c3cnc4[nH]cc(-c5cnn(Cc6cccc(F)c6)c5)c4c3)c2)CC1. The number of nitriles is 1. The first-order valence-electron chi connectivity index (χ1n) is 12.9. The molecule has 6 rings (SSSR count). The third-order valence-electron chi connectivity index (χ3n) is 7.17. The van der Waals surface area contributed by atoms with Crippen LogP contribution in [0.4, 0.5) is 10.1 Å². The molecule has 8 heteroatoms. The van der Waals surface area contributed by atoms with E-state index in [0.29, 0.717) is 13.0 Å². The average Bonchev–Trinajstić information content (AvgIpc) is 3.59. The molecular formula is C30H28FN7. The van der Waals surface area contributed by atoms with Gasteiger partial charge in [0.25, 0.3) is 0 Å². The zero-order chi connectivity index (χ0) is 25.9. The number of anilines is 1. The Balaban J connectivity index is 1.23. The van der Waals surface area contributed by atoms with Gasteiger partial charge in [0.1, 0.15) is 11.5 Å². The van der Waals surface area contributed by atoms with Gasteiger partial charge in [-0.2, -0.15) is 10.4 Å². The number of hydrogen-bond acceptors (Lipinski definition) is 5. The third kappa shape index (κ3) is 5.01. The summed E-state index contributed by atoms with van der Waals surface area (Å²) in [5, 5.41) is 14.4. The molecule has 0 saturated carbocycles. The van der Waals surface area contributed by atoms with E-state index < -0.39 is 0 Å². The zero-order valence-electron chi connectivity index (χ0n) is 21.0. The molecule has 7 nitrogen and oxygen atoms in total. The second-order valence-corrected chi connectivity index (χ2v) is 9.67. The second kappa shape index (κ2) is 10.5. The Hall–Kier alpha value is -4.48. The molecule has 1 saturated heterocycles. The van der Waals surface area contributed by atoms with E-state index in [4.69, 9.17) is 10.2 Å². The third-order valence-corrected chi connectivity index (χ3v) is 7.17. The number of benzene rings is 2. The number of H-pyrrole nitrogens is 1. The van der Waals surface area contributed by atoms with E-state index in [1.807, 2.05) is 35.5 Å². The minimum absolute atomic E-state index is 0.243. The van der Waals surface area contributed by atoms with Crippen LogP contribution in [0.15, 0.2) is 79.4 Å². The fourth-order valence-electron chi connectivity index (χ4n) is 5.13. The minimum Gasteiger partial charge on any atom is -0.369 e. The average molecular weight is 506 g/mol. The molecule has 0 atom stereocenters. The number of hydrogen-bond donors (Lipinski definition) is 1. The van der Waals surface area contributed by atoms with Gasteiger partial charge in [0, 0.05) is 85.5 Å². The van der Waals surface area contributed by atoms with Crippen molar-refractivity contribution < 1.29 is 4.39 Å². The maximum Gasteiger partial charge on any atom is 0.137 e. The van der Waals surface area contributed by atoms with Crippen LogP contribution in [0.2, 0.25) is 0 Å². The van der Waals surface area contributed by atoms with Crippen molar-refractivity contribution in [2.45, 2.75) is 13.0 Å². The second-order valence-electron chi connectivity index (χ2n) is 9.67. The van der Waals surface area contributed by atoms with Crippen molar-refractivity contribution in [1.29, 1.82) is 5.26 Å². The Morgan fingerprint density at radius 2 is 1.82 bits per heavy atom. The molecule has 1 N–H and O–H groups in total. The van der Waals surface area contributed by atoms with Crippen molar-refractivity contribution >= 4 is 16.7 Å². The summed E-state index contributed by atoms with van der Waals surface area (Å²) in [6, 6.07) is 19.6. The largest absolute Gasteiger partial charge is 0.369 e. The topological polar surface area (TPSA) is 76.8 Å². The van der Waals surface area contributed by atoms with Gasteiger partial charge in [-0.15, -0.1) is 0 Å². The van der Waals surface area contributed by atoms with Gasteiger partial charge in [0.2, 0.25) is 0 Å². The Kier molecular flexibility index (Phi) is 6.59. The number of rotatable bonds is 7. The van der Waals surface area contributed by atoms with Crippen molar-refractivity contribution in [3.63, 3.8) is 0 Å². The van der Waals surface area contributed by atoms with Gasteiger partial charge < -0.3 is 9.88 Å². The van der Waals surface area contributed by atoms with Crippen molar-refractivity contribution in [2.75, 3.05) is 37.6 Å². The minimum atomic E-state index is -0.243. The standard InChI is InChI=1S/C30H28FN7/c31-26-6-1-4-22(14-26)20-38-21-25(18-35-38)29-19-34-30-28(29)16-24(17-33-30)23-5-2-7-27(15-23)37-12-10-36(11-13-37)9-3-8-32/h1-2,4-7,14-19,21H,3,9-13,20H2,(H,33,34). The first-order chi connectivity index (χ1) is 18.7. The molecule has 1 fully saturated rings. The molecule has 0 bridgehead atoms. The van der Waals surface area contributed by atoms with Crippen LogP contribution >= 0.6 is 0 Å². The monoisotopic (exact) mass is 505 g/mol. The van der Waals surface area contributed by atoms with Crippen molar-refractivity contribution in [2.24, 2.45) is 0 Å². The fraction of sp³-hybridized carbons (Fsp3) is 0.233. The Morgan fingerprint density at radius 1 is 0.947 bits per heavy atom. The molecule has 0 spiro atoms. The van der Waals surface area contributed by atoms with Crippen molar-refractivity contribution in [3.8, 4) is 28.3 Å². The van der Waals surface area contributed by atoms with E-state index in [2.05, 4.69) is 56.3 Å². The summed E-state index contributed by atoms with van der Waals surface area (Å²) in [6.07, 6.45) is 8.28. The number of aromatic nitrogens is 4. The van der Waals surface area contributed by atoms with Crippen LogP contribution in [0.5, 0.6) is 0 Å². The maximum absolute atomic E-state index is 13.6. The van der Waals surface area contributed by atoms with Crippen LogP contribution in [0, 0.1) is 17.1 Å². The molecule has 1 aliphatic rings. The Bertz CT molecular complexity index is 1600. The van der Waals surface area contributed by atoms with Gasteiger partial charge >= 0.3 is 0 Å². The lowest BCUT2D eigenvalue weighted by atomic mass is 10.0. The van der Waals surface area contributed by atoms with Gasteiger partial charge in [0.05, 0.1) is 18.8 Å². The predicted molar refractivity (Wildman–Crippen MR) is 147 cm³/mol. The summed E-state index contributed by atoms with van der Waals surface area (Å²) in [6.45, 7) is 5.20. The predicted octanol–water partition coefficient (Wildman–Crippen LogP) is 5.32. The van der Waals surface area contributed by atoms with Crippen LogP contribution in [0.25, 0.3) is 33.3 Å². The number of pyridine rings is 1. The molecule has 38 heavy (non-hydrogen) atoms. The smallest absolute Gasteiger partial charge is 0.137 e. The molecule has 4 heterocycles. The van der Waals surface area contributed by atoms with Crippen LogP contribution in [-0.2, 0) is 6.54 Å². The maximum atomic E-state index is 13.6. The number of aromatic amines is 1. The van der Waals surface area contributed by atoms with E-state index in [1.54, 1.807) is 6.07 Å². The van der Waals surface area contributed by atoms with Crippen molar-refractivity contribution in [3.05, 3.63) is 90.8 Å². The number of fused-ring (bicyclic) bond motifs is 1. The fourth-order valence-corrected chi connectivity index (χ4v) is 5.13. The van der Waals surface area contributed by atoms with E-state index in [0.717, 1.165) is 71.6 Å².